The lowest BCUT2D eigenvalue weighted by Gasteiger charge is -2.29. The van der Waals surface area contributed by atoms with E-state index in [2.05, 4.69) is 25.1 Å². The second-order valence-electron chi connectivity index (χ2n) is 6.56. The third-order valence-electron chi connectivity index (χ3n) is 5.12. The van der Waals surface area contributed by atoms with Crippen LogP contribution in [0.5, 0.6) is 0 Å². The van der Waals surface area contributed by atoms with Gasteiger partial charge in [0.05, 0.1) is 18.3 Å². The lowest BCUT2D eigenvalue weighted by atomic mass is 9.90. The highest BCUT2D eigenvalue weighted by Gasteiger charge is 2.36. The molecule has 1 unspecified atom stereocenters. The van der Waals surface area contributed by atoms with Crippen LogP contribution in [-0.4, -0.2) is 24.1 Å². The SMILES string of the molecule is CCC(=O)N1Cc2ccccc2C2=C(c3ccccc31)C(C)N(C)O2. The molecule has 1 amide bonds. The predicted molar refractivity (Wildman–Crippen MR) is 99.5 cm³/mol. The summed E-state index contributed by atoms with van der Waals surface area (Å²) in [5.41, 5.74) is 5.35. The number of amides is 1. The number of fused-ring (bicyclic) bond motifs is 4. The number of carbonyl (C=O) groups is 1. The minimum atomic E-state index is 0.112. The van der Waals surface area contributed by atoms with Crippen LogP contribution in [-0.2, 0) is 16.2 Å². The van der Waals surface area contributed by atoms with Gasteiger partial charge < -0.3 is 9.74 Å². The fourth-order valence-corrected chi connectivity index (χ4v) is 3.67. The maximum Gasteiger partial charge on any atom is 0.227 e. The number of anilines is 1. The van der Waals surface area contributed by atoms with E-state index in [9.17, 15) is 4.79 Å². The Morgan fingerprint density at radius 3 is 2.56 bits per heavy atom. The summed E-state index contributed by atoms with van der Waals surface area (Å²) in [5, 5.41) is 1.88. The van der Waals surface area contributed by atoms with Crippen LogP contribution in [0.3, 0.4) is 0 Å². The molecule has 0 spiro atoms. The van der Waals surface area contributed by atoms with Crippen LogP contribution in [0.15, 0.2) is 48.5 Å². The number of hydrogen-bond acceptors (Lipinski definition) is 3. The van der Waals surface area contributed by atoms with Gasteiger partial charge in [0, 0.05) is 30.2 Å². The summed E-state index contributed by atoms with van der Waals surface area (Å²) in [5.74, 6) is 1.04. The van der Waals surface area contributed by atoms with Gasteiger partial charge in [0.15, 0.2) is 5.76 Å². The summed E-state index contributed by atoms with van der Waals surface area (Å²) >= 11 is 0. The maximum atomic E-state index is 12.7. The molecule has 0 bridgehead atoms. The number of hydrogen-bond donors (Lipinski definition) is 0. The second kappa shape index (κ2) is 6.05. The molecule has 0 aromatic heterocycles. The topological polar surface area (TPSA) is 32.8 Å². The van der Waals surface area contributed by atoms with E-state index in [1.807, 2.05) is 54.3 Å². The van der Waals surface area contributed by atoms with Crippen molar-refractivity contribution >= 4 is 22.9 Å². The molecule has 0 saturated heterocycles. The van der Waals surface area contributed by atoms with Crippen LogP contribution in [0.1, 0.15) is 37.0 Å². The van der Waals surface area contributed by atoms with E-state index in [4.69, 9.17) is 4.84 Å². The first kappa shape index (κ1) is 15.9. The molecule has 128 valence electrons. The van der Waals surface area contributed by atoms with Gasteiger partial charge in [0.2, 0.25) is 5.91 Å². The Morgan fingerprint density at radius 1 is 1.12 bits per heavy atom. The molecule has 0 radical (unpaired) electrons. The summed E-state index contributed by atoms with van der Waals surface area (Å²) in [7, 11) is 1.95. The Bertz CT molecular complexity index is 872. The van der Waals surface area contributed by atoms with Crippen molar-refractivity contribution in [2.45, 2.75) is 32.9 Å². The van der Waals surface area contributed by atoms with Gasteiger partial charge in [-0.2, -0.15) is 0 Å². The van der Waals surface area contributed by atoms with Crippen molar-refractivity contribution in [1.82, 2.24) is 5.06 Å². The fraction of sp³-hybridized carbons (Fsp3) is 0.286. The third-order valence-corrected chi connectivity index (χ3v) is 5.12. The first-order valence-corrected chi connectivity index (χ1v) is 8.74. The smallest absolute Gasteiger partial charge is 0.227 e. The Labute approximate surface area is 148 Å². The van der Waals surface area contributed by atoms with Crippen molar-refractivity contribution in [2.75, 3.05) is 11.9 Å². The Morgan fingerprint density at radius 2 is 1.80 bits per heavy atom. The van der Waals surface area contributed by atoms with E-state index < -0.39 is 0 Å². The lowest BCUT2D eigenvalue weighted by molar-refractivity contribution is -0.118. The van der Waals surface area contributed by atoms with E-state index in [1.165, 1.54) is 0 Å². The monoisotopic (exact) mass is 334 g/mol. The van der Waals surface area contributed by atoms with Crippen molar-refractivity contribution in [3.05, 3.63) is 65.2 Å². The van der Waals surface area contributed by atoms with Gasteiger partial charge in [-0.3, -0.25) is 4.79 Å². The fourth-order valence-electron chi connectivity index (χ4n) is 3.67. The highest BCUT2D eigenvalue weighted by atomic mass is 16.7. The molecule has 4 rings (SSSR count). The highest BCUT2D eigenvalue weighted by Crippen LogP contribution is 2.44. The molecule has 0 N–H and O–H groups in total. The van der Waals surface area contributed by atoms with E-state index in [0.717, 1.165) is 33.7 Å². The third kappa shape index (κ3) is 2.45. The molecular formula is C21H22N2O2. The Kier molecular flexibility index (Phi) is 3.85. The molecule has 2 heterocycles. The van der Waals surface area contributed by atoms with Gasteiger partial charge in [-0.15, -0.1) is 5.06 Å². The zero-order valence-electron chi connectivity index (χ0n) is 14.8. The lowest BCUT2D eigenvalue weighted by Crippen LogP contribution is -2.32. The molecule has 0 fully saturated rings. The van der Waals surface area contributed by atoms with Crippen molar-refractivity contribution in [2.24, 2.45) is 0 Å². The summed E-state index contributed by atoms with van der Waals surface area (Å²) in [6.45, 7) is 4.60. The van der Waals surface area contributed by atoms with Gasteiger partial charge in [-0.1, -0.05) is 49.4 Å². The van der Waals surface area contributed by atoms with Gasteiger partial charge in [0.1, 0.15) is 0 Å². The molecule has 2 aliphatic heterocycles. The average molecular weight is 334 g/mol. The summed E-state index contributed by atoms with van der Waals surface area (Å²) < 4.78 is 0. The van der Waals surface area contributed by atoms with Crippen LogP contribution in [0, 0.1) is 0 Å². The minimum Gasteiger partial charge on any atom is -0.405 e. The molecule has 1 atom stereocenters. The molecule has 2 aromatic carbocycles. The van der Waals surface area contributed by atoms with E-state index >= 15 is 0 Å². The molecule has 2 aromatic rings. The van der Waals surface area contributed by atoms with Crippen molar-refractivity contribution in [3.8, 4) is 0 Å². The molecular weight excluding hydrogens is 312 g/mol. The number of hydroxylamine groups is 2. The maximum absolute atomic E-state index is 12.7. The first-order valence-electron chi connectivity index (χ1n) is 8.74. The van der Waals surface area contributed by atoms with Crippen LogP contribution in [0.2, 0.25) is 0 Å². The first-order chi connectivity index (χ1) is 12.1. The normalized spacial score (nSPS) is 19.5. The number of benzene rings is 2. The zero-order chi connectivity index (χ0) is 17.6. The quantitative estimate of drug-likeness (QED) is 0.788. The van der Waals surface area contributed by atoms with Crippen LogP contribution in [0.4, 0.5) is 5.69 Å². The van der Waals surface area contributed by atoms with Crippen molar-refractivity contribution in [1.29, 1.82) is 0 Å². The molecule has 4 heteroatoms. The Hall–Kier alpha value is -2.59. The molecule has 2 aliphatic rings. The van der Waals surface area contributed by atoms with E-state index in [-0.39, 0.29) is 11.9 Å². The molecule has 25 heavy (non-hydrogen) atoms. The summed E-state index contributed by atoms with van der Waals surface area (Å²) in [4.78, 5) is 20.7. The Balaban J connectivity index is 2.03. The number of rotatable bonds is 1. The van der Waals surface area contributed by atoms with E-state index in [0.29, 0.717) is 13.0 Å². The zero-order valence-corrected chi connectivity index (χ0v) is 14.8. The minimum absolute atomic E-state index is 0.112. The van der Waals surface area contributed by atoms with Crippen molar-refractivity contribution < 1.29 is 9.63 Å². The molecule has 4 nitrogen and oxygen atoms in total. The summed E-state index contributed by atoms with van der Waals surface area (Å²) in [6, 6.07) is 16.5. The van der Waals surface area contributed by atoms with Gasteiger partial charge in [0.25, 0.3) is 0 Å². The number of para-hydroxylation sites is 1. The molecule has 0 saturated carbocycles. The average Bonchev–Trinajstić information content (AvgIpc) is 2.92. The van der Waals surface area contributed by atoms with E-state index in [1.54, 1.807) is 0 Å². The largest absolute Gasteiger partial charge is 0.405 e. The number of nitrogens with zero attached hydrogens (tertiary/aromatic N) is 2. The summed E-state index contributed by atoms with van der Waals surface area (Å²) in [6.07, 6.45) is 0.481. The predicted octanol–water partition coefficient (Wildman–Crippen LogP) is 4.08. The van der Waals surface area contributed by atoms with Crippen LogP contribution >= 0.6 is 0 Å². The highest BCUT2D eigenvalue weighted by molar-refractivity contribution is 6.02. The van der Waals surface area contributed by atoms with Crippen molar-refractivity contribution in [3.63, 3.8) is 0 Å². The van der Waals surface area contributed by atoms with Crippen LogP contribution in [0.25, 0.3) is 11.3 Å². The standard InChI is InChI=1S/C21H22N2O2/c1-4-19(24)23-13-15-9-5-6-10-16(15)21-20(14(2)22(3)25-21)17-11-7-8-12-18(17)23/h5-12,14H,4,13H2,1-3H3. The number of likely N-dealkylation sites (N-methyl/N-ethyl adjacent to an activating group) is 1. The number of carbonyl (C=O) groups excluding carboxylic acids is 1. The second-order valence-corrected chi connectivity index (χ2v) is 6.56. The van der Waals surface area contributed by atoms with Gasteiger partial charge in [-0.05, 0) is 18.6 Å². The van der Waals surface area contributed by atoms with Gasteiger partial charge >= 0.3 is 0 Å². The van der Waals surface area contributed by atoms with Gasteiger partial charge in [-0.25, -0.2) is 0 Å². The molecule has 0 aliphatic carbocycles. The van der Waals surface area contributed by atoms with Crippen LogP contribution < -0.4 is 4.90 Å².